The van der Waals surface area contributed by atoms with Crippen molar-refractivity contribution < 1.29 is 4.74 Å². The molecule has 4 aliphatic rings. The van der Waals surface area contributed by atoms with Crippen LogP contribution in [-0.4, -0.2) is 19.3 Å². The molecule has 2 nitrogen and oxygen atoms in total. The smallest absolute Gasteiger partial charge is 0.0612 e. The molecule has 0 unspecified atom stereocenters. The van der Waals surface area contributed by atoms with Gasteiger partial charge in [0.25, 0.3) is 0 Å². The maximum atomic E-state index is 6.45. The zero-order chi connectivity index (χ0) is 26.5. The minimum atomic E-state index is 0.452. The van der Waals surface area contributed by atoms with Crippen molar-refractivity contribution in [3.8, 4) is 0 Å². The second-order valence-electron chi connectivity index (χ2n) is 14.9. The van der Waals surface area contributed by atoms with Gasteiger partial charge in [-0.25, -0.2) is 0 Å². The molecule has 0 radical (unpaired) electrons. The van der Waals surface area contributed by atoms with E-state index in [9.17, 15) is 0 Å². The summed E-state index contributed by atoms with van der Waals surface area (Å²) in [5.74, 6) is 5.57. The Hall–Kier alpha value is -0.340. The first kappa shape index (κ1) is 29.6. The molecule has 4 rings (SSSR count). The van der Waals surface area contributed by atoms with Gasteiger partial charge in [-0.1, -0.05) is 91.2 Å². The first-order valence-electron chi connectivity index (χ1n) is 16.8. The number of ether oxygens (including phenoxy) is 1. The van der Waals surface area contributed by atoms with E-state index in [1.165, 1.54) is 109 Å². The summed E-state index contributed by atoms with van der Waals surface area (Å²) in [6.07, 6.45) is 26.4. The zero-order valence-corrected chi connectivity index (χ0v) is 25.5. The third-order valence-electron chi connectivity index (χ3n) is 12.2. The summed E-state index contributed by atoms with van der Waals surface area (Å²) in [7, 11) is 0. The second kappa shape index (κ2) is 13.3. The Balaban J connectivity index is 1.29. The van der Waals surface area contributed by atoms with Gasteiger partial charge < -0.3 is 10.5 Å². The fourth-order valence-electron chi connectivity index (χ4n) is 10.00. The van der Waals surface area contributed by atoms with Crippen LogP contribution >= 0.6 is 0 Å². The van der Waals surface area contributed by atoms with E-state index in [-0.39, 0.29) is 0 Å². The predicted molar refractivity (Wildman–Crippen MR) is 160 cm³/mol. The summed E-state index contributed by atoms with van der Waals surface area (Å²) in [5.41, 5.74) is 8.45. The Morgan fingerprint density at radius 3 is 2.38 bits per heavy atom. The van der Waals surface area contributed by atoms with Crippen LogP contribution < -0.4 is 5.73 Å². The average Bonchev–Trinajstić information content (AvgIpc) is 3.22. The highest BCUT2D eigenvalue weighted by Crippen LogP contribution is 2.67. The van der Waals surface area contributed by atoms with Crippen molar-refractivity contribution in [3.63, 3.8) is 0 Å². The van der Waals surface area contributed by atoms with Crippen LogP contribution in [0.25, 0.3) is 0 Å². The van der Waals surface area contributed by atoms with Gasteiger partial charge in [0.15, 0.2) is 0 Å². The van der Waals surface area contributed by atoms with Crippen molar-refractivity contribution >= 4 is 0 Å². The summed E-state index contributed by atoms with van der Waals surface area (Å²) < 4.78 is 6.45. The Bertz CT molecular complexity index is 729. The van der Waals surface area contributed by atoms with E-state index in [2.05, 4.69) is 40.7 Å². The molecule has 3 fully saturated rings. The third kappa shape index (κ3) is 6.70. The van der Waals surface area contributed by atoms with Crippen molar-refractivity contribution in [2.24, 2.45) is 52.1 Å². The first-order valence-corrected chi connectivity index (χ1v) is 16.8. The number of rotatable bonds is 14. The van der Waals surface area contributed by atoms with Gasteiger partial charge in [-0.15, -0.1) is 0 Å². The van der Waals surface area contributed by atoms with Gasteiger partial charge in [-0.2, -0.15) is 0 Å². The molecule has 8 atom stereocenters. The molecule has 0 aliphatic heterocycles. The summed E-state index contributed by atoms with van der Waals surface area (Å²) in [4.78, 5) is 0. The Morgan fingerprint density at radius 2 is 1.62 bits per heavy atom. The lowest BCUT2D eigenvalue weighted by Gasteiger charge is -2.58. The number of fused-ring (bicyclic) bond motifs is 5. The van der Waals surface area contributed by atoms with Crippen LogP contribution in [0, 0.1) is 46.3 Å². The number of hydrogen-bond donors (Lipinski definition) is 1. The molecule has 4 aliphatic carbocycles. The fourth-order valence-corrected chi connectivity index (χ4v) is 10.00. The Kier molecular flexibility index (Phi) is 10.7. The third-order valence-corrected chi connectivity index (χ3v) is 12.2. The van der Waals surface area contributed by atoms with E-state index < -0.39 is 0 Å². The lowest BCUT2D eigenvalue weighted by Crippen LogP contribution is -2.51. The second-order valence-corrected chi connectivity index (χ2v) is 14.9. The molecule has 0 aromatic heterocycles. The van der Waals surface area contributed by atoms with Crippen LogP contribution in [0.5, 0.6) is 0 Å². The van der Waals surface area contributed by atoms with Crippen molar-refractivity contribution in [1.82, 2.24) is 0 Å². The van der Waals surface area contributed by atoms with Crippen molar-refractivity contribution in [1.29, 1.82) is 0 Å². The van der Waals surface area contributed by atoms with Crippen LogP contribution in [0.15, 0.2) is 11.6 Å². The van der Waals surface area contributed by atoms with Gasteiger partial charge in [0.1, 0.15) is 0 Å². The molecule has 0 spiro atoms. The SMILES string of the molecule is CC(C)CCC[C@@H](C)[C@H]1CC[C@H]2[C@@H]3CC=C4C[C@@H](OCCCCCCCCN)CC[C@]4(C)[C@H]3CC[C@]12C. The largest absolute Gasteiger partial charge is 0.378 e. The standard InChI is InChI=1S/C35H63NO/c1-26(2)13-12-14-27(3)31-17-18-32-30-16-15-28-25-29(37-24-11-9-7-6-8-10-23-36)19-21-34(28,4)33(30)20-22-35(31,32)5/h15,26-27,29-33H,6-14,16-25,36H2,1-5H3/t27-,29+,30+,31-,32+,33+,34+,35-/m1/s1. The molecule has 0 aromatic rings. The zero-order valence-electron chi connectivity index (χ0n) is 25.5. The lowest BCUT2D eigenvalue weighted by molar-refractivity contribution is -0.0641. The fraction of sp³-hybridized carbons (Fsp3) is 0.943. The maximum Gasteiger partial charge on any atom is 0.0612 e. The molecule has 2 N–H and O–H groups in total. The van der Waals surface area contributed by atoms with Gasteiger partial charge in [-0.3, -0.25) is 0 Å². The Labute approximate surface area is 231 Å². The van der Waals surface area contributed by atoms with E-state index in [0.29, 0.717) is 16.9 Å². The average molecular weight is 514 g/mol. The first-order chi connectivity index (χ1) is 17.8. The summed E-state index contributed by atoms with van der Waals surface area (Å²) in [6, 6.07) is 0. The van der Waals surface area contributed by atoms with Crippen LogP contribution in [0.3, 0.4) is 0 Å². The number of allylic oxidation sites excluding steroid dienone is 1. The lowest BCUT2D eigenvalue weighted by atomic mass is 9.47. The van der Waals surface area contributed by atoms with Crippen molar-refractivity contribution in [3.05, 3.63) is 11.6 Å². The van der Waals surface area contributed by atoms with Crippen LogP contribution in [0.1, 0.15) is 144 Å². The molecule has 37 heavy (non-hydrogen) atoms. The number of unbranched alkanes of at least 4 members (excludes halogenated alkanes) is 5. The topological polar surface area (TPSA) is 35.2 Å². The van der Waals surface area contributed by atoms with E-state index in [0.717, 1.165) is 48.7 Å². The molecule has 0 saturated heterocycles. The monoisotopic (exact) mass is 513 g/mol. The van der Waals surface area contributed by atoms with Crippen molar-refractivity contribution in [2.45, 2.75) is 150 Å². The van der Waals surface area contributed by atoms with E-state index in [1.807, 2.05) is 0 Å². The molecule has 0 bridgehead atoms. The van der Waals surface area contributed by atoms with Gasteiger partial charge in [0, 0.05) is 6.61 Å². The van der Waals surface area contributed by atoms with Crippen LogP contribution in [-0.2, 0) is 4.74 Å². The van der Waals surface area contributed by atoms with Crippen molar-refractivity contribution in [2.75, 3.05) is 13.2 Å². The number of hydrogen-bond acceptors (Lipinski definition) is 2. The highest BCUT2D eigenvalue weighted by Gasteiger charge is 2.59. The molecule has 0 aromatic carbocycles. The van der Waals surface area contributed by atoms with Crippen LogP contribution in [0.2, 0.25) is 0 Å². The van der Waals surface area contributed by atoms with Gasteiger partial charge in [-0.05, 0) is 117 Å². The predicted octanol–water partition coefficient (Wildman–Crippen LogP) is 9.71. The quantitative estimate of drug-likeness (QED) is 0.185. The van der Waals surface area contributed by atoms with E-state index >= 15 is 0 Å². The van der Waals surface area contributed by atoms with E-state index in [4.69, 9.17) is 10.5 Å². The van der Waals surface area contributed by atoms with E-state index in [1.54, 1.807) is 5.57 Å². The summed E-state index contributed by atoms with van der Waals surface area (Å²) in [5, 5.41) is 0. The van der Waals surface area contributed by atoms with Gasteiger partial charge in [0.2, 0.25) is 0 Å². The number of nitrogens with two attached hydrogens (primary N) is 1. The highest BCUT2D eigenvalue weighted by molar-refractivity contribution is 5.25. The summed E-state index contributed by atoms with van der Waals surface area (Å²) in [6.45, 7) is 14.6. The normalized spacial score (nSPS) is 38.1. The molecule has 3 saturated carbocycles. The molecule has 0 amide bonds. The minimum Gasteiger partial charge on any atom is -0.378 e. The Morgan fingerprint density at radius 1 is 0.865 bits per heavy atom. The van der Waals surface area contributed by atoms with Crippen LogP contribution in [0.4, 0.5) is 0 Å². The molecule has 214 valence electrons. The van der Waals surface area contributed by atoms with Gasteiger partial charge in [0.05, 0.1) is 6.10 Å². The molecular formula is C35H63NO. The summed E-state index contributed by atoms with van der Waals surface area (Å²) >= 11 is 0. The molecule has 2 heteroatoms. The molecular weight excluding hydrogens is 450 g/mol. The highest BCUT2D eigenvalue weighted by atomic mass is 16.5. The maximum absolute atomic E-state index is 6.45. The minimum absolute atomic E-state index is 0.452. The molecule has 0 heterocycles. The van der Waals surface area contributed by atoms with Gasteiger partial charge >= 0.3 is 0 Å².